The summed E-state index contributed by atoms with van der Waals surface area (Å²) < 4.78 is 0. The first-order chi connectivity index (χ1) is 9.52. The molecule has 2 rings (SSSR count). The van der Waals surface area contributed by atoms with Crippen molar-refractivity contribution in [3.8, 4) is 0 Å². The van der Waals surface area contributed by atoms with Gasteiger partial charge in [-0.3, -0.25) is 19.2 Å². The van der Waals surface area contributed by atoms with E-state index < -0.39 is 23.9 Å². The van der Waals surface area contributed by atoms with Crippen molar-refractivity contribution >= 4 is 23.9 Å². The van der Waals surface area contributed by atoms with E-state index in [4.69, 9.17) is 19.4 Å². The zero-order valence-electron chi connectivity index (χ0n) is 10.8. The first kappa shape index (κ1) is 17.4. The summed E-state index contributed by atoms with van der Waals surface area (Å²) in [6.45, 7) is -0.309. The Morgan fingerprint density at radius 1 is 0.571 bits per heavy atom. The minimum atomic E-state index is -0.739. The van der Waals surface area contributed by atoms with Gasteiger partial charge in [0.1, 0.15) is 0 Å². The van der Waals surface area contributed by atoms with Crippen molar-refractivity contribution in [1.82, 2.24) is 10.5 Å². The maximum atomic E-state index is 11.4. The fourth-order valence-corrected chi connectivity index (χ4v) is 1.43. The van der Waals surface area contributed by atoms with Gasteiger partial charge in [-0.2, -0.15) is 0 Å². The molecule has 0 saturated carbocycles. The van der Waals surface area contributed by atoms with Crippen LogP contribution in [0.25, 0.3) is 0 Å². The molecule has 2 fully saturated rings. The van der Waals surface area contributed by atoms with Crippen molar-refractivity contribution in [3.05, 3.63) is 0 Å². The summed E-state index contributed by atoms with van der Waals surface area (Å²) in [5, 5.41) is 1.35. The number of carbonyl (C=O) groups excluding carboxylic acids is 4. The summed E-state index contributed by atoms with van der Waals surface area (Å²) in [4.78, 5) is 64.6. The number of rotatable bonds is 0. The van der Waals surface area contributed by atoms with E-state index in [9.17, 15) is 19.2 Å². The molecule has 0 amide bonds. The standard InChI is InChI=1S/C10H12N2O8.Fe/c13-7-1-2-8(14)18-12-6-5-11(17-7)19-9(15)3-4-10(16)20-12;/h1-6H2;. The molecule has 0 unspecified atom stereocenters. The van der Waals surface area contributed by atoms with Gasteiger partial charge < -0.3 is 19.4 Å². The topological polar surface area (TPSA) is 112 Å². The fraction of sp³-hybridized carbons (Fsp3) is 0.600. The van der Waals surface area contributed by atoms with Crippen LogP contribution in [0.4, 0.5) is 0 Å². The van der Waals surface area contributed by atoms with E-state index in [0.717, 1.165) is 0 Å². The largest absolute Gasteiger partial charge is 0.333 e. The number of nitrogens with zero attached hydrogens (tertiary/aromatic N) is 2. The summed E-state index contributed by atoms with van der Waals surface area (Å²) in [5.41, 5.74) is 0. The molecule has 2 heterocycles. The van der Waals surface area contributed by atoms with Gasteiger partial charge in [-0.15, -0.1) is 0 Å². The molecule has 10 nitrogen and oxygen atoms in total. The van der Waals surface area contributed by atoms with E-state index in [-0.39, 0.29) is 55.8 Å². The summed E-state index contributed by atoms with van der Waals surface area (Å²) in [7, 11) is 0. The molecule has 0 radical (unpaired) electrons. The van der Waals surface area contributed by atoms with Crippen LogP contribution in [-0.4, -0.2) is 47.4 Å². The predicted octanol–water partition coefficient (Wildman–Crippen LogP) is -0.992. The van der Waals surface area contributed by atoms with Crippen molar-refractivity contribution in [2.75, 3.05) is 13.1 Å². The Morgan fingerprint density at radius 2 is 0.810 bits per heavy atom. The summed E-state index contributed by atoms with van der Waals surface area (Å²) in [6, 6.07) is 0. The van der Waals surface area contributed by atoms with Gasteiger partial charge in [0, 0.05) is 27.5 Å². The van der Waals surface area contributed by atoms with E-state index in [1.54, 1.807) is 0 Å². The Hall–Kier alpha value is -1.68. The SMILES string of the molecule is O=C1CCC(=O)ON2CCN(O1)OC(=O)CCC(=O)O2.[Fe]. The van der Waals surface area contributed by atoms with Gasteiger partial charge in [0.15, 0.2) is 0 Å². The van der Waals surface area contributed by atoms with Crippen LogP contribution in [0.15, 0.2) is 0 Å². The van der Waals surface area contributed by atoms with Gasteiger partial charge in [0.2, 0.25) is 0 Å². The Labute approximate surface area is 129 Å². The number of fused-ring (bicyclic) bond motifs is 3. The molecule has 0 spiro atoms. The van der Waals surface area contributed by atoms with Crippen molar-refractivity contribution in [2.24, 2.45) is 0 Å². The molecule has 21 heavy (non-hydrogen) atoms. The Balaban J connectivity index is 0.00000220. The third kappa shape index (κ3) is 5.68. The van der Waals surface area contributed by atoms with Gasteiger partial charge in [0.05, 0.1) is 38.8 Å². The summed E-state index contributed by atoms with van der Waals surface area (Å²) >= 11 is 0. The average molecular weight is 344 g/mol. The van der Waals surface area contributed by atoms with Crippen LogP contribution in [0, 0.1) is 0 Å². The van der Waals surface area contributed by atoms with Gasteiger partial charge in [-0.05, 0) is 0 Å². The molecule has 0 aromatic rings. The second-order valence-corrected chi connectivity index (χ2v) is 3.97. The molecule has 0 aliphatic carbocycles. The van der Waals surface area contributed by atoms with E-state index in [1.165, 1.54) is 0 Å². The molecule has 2 saturated heterocycles. The molecule has 0 aromatic heterocycles. The maximum absolute atomic E-state index is 11.4. The minimum Gasteiger partial charge on any atom is -0.333 e. The molecule has 11 heteroatoms. The predicted molar refractivity (Wildman–Crippen MR) is 56.2 cm³/mol. The molecule has 118 valence electrons. The second kappa shape index (κ2) is 7.93. The van der Waals surface area contributed by atoms with Gasteiger partial charge in [-0.1, -0.05) is 0 Å². The van der Waals surface area contributed by atoms with Gasteiger partial charge >= 0.3 is 23.9 Å². The van der Waals surface area contributed by atoms with Crippen LogP contribution < -0.4 is 0 Å². The summed E-state index contributed by atoms with van der Waals surface area (Å²) in [5.74, 6) is -2.95. The number of hydrogen-bond donors (Lipinski definition) is 0. The van der Waals surface area contributed by atoms with Crippen LogP contribution >= 0.6 is 0 Å². The molecule has 0 atom stereocenters. The maximum Gasteiger partial charge on any atom is 0.329 e. The van der Waals surface area contributed by atoms with Crippen LogP contribution in [-0.2, 0) is 55.6 Å². The Bertz CT molecular complexity index is 367. The minimum absolute atomic E-state index is 0. The second-order valence-electron chi connectivity index (χ2n) is 3.97. The van der Waals surface area contributed by atoms with E-state index in [1.807, 2.05) is 0 Å². The summed E-state index contributed by atoms with van der Waals surface area (Å²) in [6.07, 6.45) is -1.02. The Morgan fingerprint density at radius 3 is 1.05 bits per heavy atom. The molecule has 2 aliphatic rings. The van der Waals surface area contributed by atoms with E-state index in [2.05, 4.69) is 0 Å². The van der Waals surface area contributed by atoms with Crippen LogP contribution in [0.1, 0.15) is 25.7 Å². The van der Waals surface area contributed by atoms with E-state index in [0.29, 0.717) is 10.5 Å². The van der Waals surface area contributed by atoms with E-state index >= 15 is 0 Å². The smallest absolute Gasteiger partial charge is 0.329 e. The zero-order chi connectivity index (χ0) is 14.5. The molecule has 2 bridgehead atoms. The van der Waals surface area contributed by atoms with Crippen molar-refractivity contribution in [3.63, 3.8) is 0 Å². The average Bonchev–Trinajstić information content (AvgIpc) is 2.39. The first-order valence-corrected chi connectivity index (χ1v) is 5.91. The molecular weight excluding hydrogens is 332 g/mol. The van der Waals surface area contributed by atoms with Crippen molar-refractivity contribution in [2.45, 2.75) is 25.7 Å². The van der Waals surface area contributed by atoms with Crippen LogP contribution in [0.3, 0.4) is 0 Å². The first-order valence-electron chi connectivity index (χ1n) is 5.91. The molecule has 2 aliphatic heterocycles. The number of carbonyl (C=O) groups is 4. The fourth-order valence-electron chi connectivity index (χ4n) is 1.43. The zero-order valence-corrected chi connectivity index (χ0v) is 11.9. The normalized spacial score (nSPS) is 27.4. The monoisotopic (exact) mass is 344 g/mol. The molecule has 0 N–H and O–H groups in total. The molecular formula is C10H12FeN2O8. The van der Waals surface area contributed by atoms with Gasteiger partial charge in [-0.25, -0.2) is 0 Å². The van der Waals surface area contributed by atoms with Gasteiger partial charge in [0.25, 0.3) is 0 Å². The quantitative estimate of drug-likeness (QED) is 0.508. The van der Waals surface area contributed by atoms with Crippen molar-refractivity contribution in [1.29, 1.82) is 0 Å². The Kier molecular flexibility index (Phi) is 6.56. The van der Waals surface area contributed by atoms with Crippen molar-refractivity contribution < 1.29 is 55.6 Å². The third-order valence-corrected chi connectivity index (χ3v) is 2.35. The van der Waals surface area contributed by atoms with Crippen LogP contribution in [0.2, 0.25) is 0 Å². The molecule has 0 aromatic carbocycles. The van der Waals surface area contributed by atoms with Crippen LogP contribution in [0.5, 0.6) is 0 Å². The third-order valence-electron chi connectivity index (χ3n) is 2.35. The number of hydroxylamine groups is 4. The number of hydrogen-bond acceptors (Lipinski definition) is 10.